The Kier molecular flexibility index (Phi) is 3.91. The minimum absolute atomic E-state index is 0.0844. The molecule has 0 saturated heterocycles. The molecule has 7 heteroatoms. The van der Waals surface area contributed by atoms with Crippen LogP contribution in [0, 0.1) is 6.92 Å². The number of nitrogens with one attached hydrogen (secondary N) is 2. The van der Waals surface area contributed by atoms with E-state index in [2.05, 4.69) is 10.0 Å². The van der Waals surface area contributed by atoms with Gasteiger partial charge in [0.1, 0.15) is 12.0 Å². The van der Waals surface area contributed by atoms with E-state index in [1.165, 1.54) is 25.4 Å². The lowest BCUT2D eigenvalue weighted by molar-refractivity contribution is 0.102. The average Bonchev–Trinajstić information content (AvgIpc) is 2.86. The number of benzene rings is 1. The summed E-state index contributed by atoms with van der Waals surface area (Å²) in [5, 5.41) is 2.62. The van der Waals surface area contributed by atoms with Crippen LogP contribution in [0.2, 0.25) is 0 Å². The van der Waals surface area contributed by atoms with Gasteiger partial charge >= 0.3 is 0 Å². The molecule has 20 heavy (non-hydrogen) atoms. The number of carbonyl (C=O) groups excluding carboxylic acids is 1. The third kappa shape index (κ3) is 3.06. The Hall–Kier alpha value is -2.12. The first-order chi connectivity index (χ1) is 9.42. The second-order valence-electron chi connectivity index (χ2n) is 4.14. The van der Waals surface area contributed by atoms with Gasteiger partial charge in [-0.15, -0.1) is 0 Å². The summed E-state index contributed by atoms with van der Waals surface area (Å²) in [5.74, 6) is 0.266. The maximum absolute atomic E-state index is 11.9. The van der Waals surface area contributed by atoms with Gasteiger partial charge in [-0.2, -0.15) is 0 Å². The highest BCUT2D eigenvalue weighted by Gasteiger charge is 2.13. The Morgan fingerprint density at radius 1 is 1.25 bits per heavy atom. The standard InChI is InChI=1S/C13H14N2O4S/c1-9-6-10(8-19-9)13(16)15-11-4-3-5-12(7-11)20(17,18)14-2/h3-8,14H,1-2H3,(H,15,16). The van der Waals surface area contributed by atoms with Gasteiger partial charge < -0.3 is 9.73 Å². The molecule has 0 radical (unpaired) electrons. The summed E-state index contributed by atoms with van der Waals surface area (Å²) in [5.41, 5.74) is 0.773. The Balaban J connectivity index is 2.23. The van der Waals surface area contributed by atoms with Crippen LogP contribution in [-0.2, 0) is 10.0 Å². The molecule has 1 aromatic carbocycles. The second-order valence-corrected chi connectivity index (χ2v) is 6.02. The van der Waals surface area contributed by atoms with Crippen molar-refractivity contribution < 1.29 is 17.6 Å². The van der Waals surface area contributed by atoms with E-state index in [9.17, 15) is 13.2 Å². The lowest BCUT2D eigenvalue weighted by Gasteiger charge is -2.06. The van der Waals surface area contributed by atoms with Gasteiger partial charge in [0.2, 0.25) is 10.0 Å². The van der Waals surface area contributed by atoms with E-state index in [4.69, 9.17) is 4.42 Å². The first-order valence-corrected chi connectivity index (χ1v) is 7.31. The number of anilines is 1. The number of sulfonamides is 1. The van der Waals surface area contributed by atoms with E-state index >= 15 is 0 Å². The van der Waals surface area contributed by atoms with Gasteiger partial charge in [0.15, 0.2) is 0 Å². The zero-order chi connectivity index (χ0) is 14.8. The molecule has 2 aromatic rings. The Morgan fingerprint density at radius 2 is 2.00 bits per heavy atom. The van der Waals surface area contributed by atoms with E-state index in [-0.39, 0.29) is 10.8 Å². The van der Waals surface area contributed by atoms with E-state index < -0.39 is 10.0 Å². The smallest absolute Gasteiger partial charge is 0.258 e. The number of amides is 1. The Bertz CT molecular complexity index is 734. The molecule has 0 aliphatic carbocycles. The van der Waals surface area contributed by atoms with Crippen molar-refractivity contribution >= 4 is 21.6 Å². The molecular weight excluding hydrogens is 280 g/mol. The van der Waals surface area contributed by atoms with Crippen LogP contribution in [0.5, 0.6) is 0 Å². The van der Waals surface area contributed by atoms with Crippen LogP contribution in [-0.4, -0.2) is 21.4 Å². The third-order valence-corrected chi connectivity index (χ3v) is 4.08. The molecule has 0 bridgehead atoms. The van der Waals surface area contributed by atoms with Gasteiger partial charge in [-0.25, -0.2) is 13.1 Å². The maximum atomic E-state index is 11.9. The third-order valence-electron chi connectivity index (χ3n) is 2.66. The number of furan rings is 1. The highest BCUT2D eigenvalue weighted by molar-refractivity contribution is 7.89. The monoisotopic (exact) mass is 294 g/mol. The van der Waals surface area contributed by atoms with Crippen LogP contribution in [0.15, 0.2) is 45.9 Å². The Morgan fingerprint density at radius 3 is 2.60 bits per heavy atom. The summed E-state index contributed by atoms with van der Waals surface area (Å²) < 4.78 is 30.6. The van der Waals surface area contributed by atoms with Crippen LogP contribution >= 0.6 is 0 Å². The molecule has 1 amide bonds. The van der Waals surface area contributed by atoms with Gasteiger partial charge in [-0.05, 0) is 38.2 Å². The van der Waals surface area contributed by atoms with Crippen molar-refractivity contribution in [1.82, 2.24) is 4.72 Å². The number of hydrogen-bond acceptors (Lipinski definition) is 4. The molecule has 2 N–H and O–H groups in total. The van der Waals surface area contributed by atoms with Crippen molar-refractivity contribution in [2.45, 2.75) is 11.8 Å². The molecule has 0 atom stereocenters. The van der Waals surface area contributed by atoms with E-state index in [1.54, 1.807) is 25.1 Å². The van der Waals surface area contributed by atoms with Crippen molar-refractivity contribution in [2.75, 3.05) is 12.4 Å². The first-order valence-electron chi connectivity index (χ1n) is 5.82. The highest BCUT2D eigenvalue weighted by atomic mass is 32.2. The van der Waals surface area contributed by atoms with Gasteiger partial charge in [0.25, 0.3) is 5.91 Å². The number of rotatable bonds is 4. The van der Waals surface area contributed by atoms with Crippen molar-refractivity contribution in [1.29, 1.82) is 0 Å². The minimum atomic E-state index is -3.54. The summed E-state index contributed by atoms with van der Waals surface area (Å²) in [4.78, 5) is 12.0. The van der Waals surface area contributed by atoms with Gasteiger partial charge in [0, 0.05) is 5.69 Å². The zero-order valence-electron chi connectivity index (χ0n) is 11.0. The predicted octanol–water partition coefficient (Wildman–Crippen LogP) is 1.75. The Labute approximate surface area is 116 Å². The molecule has 6 nitrogen and oxygen atoms in total. The highest BCUT2D eigenvalue weighted by Crippen LogP contribution is 2.16. The summed E-state index contributed by atoms with van der Waals surface area (Å²) in [6, 6.07) is 7.60. The largest absolute Gasteiger partial charge is 0.469 e. The lowest BCUT2D eigenvalue weighted by atomic mass is 10.2. The van der Waals surface area contributed by atoms with Crippen molar-refractivity contribution in [3.63, 3.8) is 0 Å². The number of carbonyl (C=O) groups is 1. The van der Waals surface area contributed by atoms with E-state index in [0.29, 0.717) is 17.0 Å². The predicted molar refractivity (Wildman–Crippen MR) is 74.1 cm³/mol. The molecule has 0 spiro atoms. The second kappa shape index (κ2) is 5.48. The molecule has 0 unspecified atom stereocenters. The quantitative estimate of drug-likeness (QED) is 0.899. The summed E-state index contributed by atoms with van der Waals surface area (Å²) in [6.07, 6.45) is 1.35. The lowest BCUT2D eigenvalue weighted by Crippen LogP contribution is -2.19. The fourth-order valence-electron chi connectivity index (χ4n) is 1.62. The fourth-order valence-corrected chi connectivity index (χ4v) is 2.40. The van der Waals surface area contributed by atoms with Gasteiger partial charge in [0.05, 0.1) is 10.5 Å². The SMILES string of the molecule is CNS(=O)(=O)c1cccc(NC(=O)c2coc(C)c2)c1. The normalized spacial score (nSPS) is 11.3. The number of aryl methyl sites for hydroxylation is 1. The van der Waals surface area contributed by atoms with Crippen molar-refractivity contribution in [3.8, 4) is 0 Å². The fraction of sp³-hybridized carbons (Fsp3) is 0.154. The molecule has 106 valence electrons. The summed E-state index contributed by atoms with van der Waals surface area (Å²) in [7, 11) is -2.21. The van der Waals surface area contributed by atoms with Crippen molar-refractivity contribution in [3.05, 3.63) is 47.9 Å². The number of hydrogen-bond donors (Lipinski definition) is 2. The van der Waals surface area contributed by atoms with Crippen LogP contribution in [0.25, 0.3) is 0 Å². The minimum Gasteiger partial charge on any atom is -0.469 e. The summed E-state index contributed by atoms with van der Waals surface area (Å²) in [6.45, 7) is 1.73. The van der Waals surface area contributed by atoms with Gasteiger partial charge in [-0.3, -0.25) is 4.79 Å². The molecule has 0 aliphatic heterocycles. The molecule has 1 heterocycles. The van der Waals surface area contributed by atoms with Crippen LogP contribution in [0.4, 0.5) is 5.69 Å². The molecule has 1 aromatic heterocycles. The zero-order valence-corrected chi connectivity index (χ0v) is 11.8. The van der Waals surface area contributed by atoms with Gasteiger partial charge in [-0.1, -0.05) is 6.07 Å². The maximum Gasteiger partial charge on any atom is 0.258 e. The van der Waals surface area contributed by atoms with Crippen LogP contribution in [0.3, 0.4) is 0 Å². The van der Waals surface area contributed by atoms with Crippen molar-refractivity contribution in [2.24, 2.45) is 0 Å². The van der Waals surface area contributed by atoms with E-state index in [1.807, 2.05) is 0 Å². The van der Waals surface area contributed by atoms with Crippen LogP contribution in [0.1, 0.15) is 16.1 Å². The molecular formula is C13H14N2O4S. The average molecular weight is 294 g/mol. The molecule has 0 saturated carbocycles. The molecule has 2 rings (SSSR count). The molecule has 0 fully saturated rings. The summed E-state index contributed by atoms with van der Waals surface area (Å²) >= 11 is 0. The topological polar surface area (TPSA) is 88.4 Å². The molecule has 0 aliphatic rings. The first kappa shape index (κ1) is 14.3. The van der Waals surface area contributed by atoms with Crippen LogP contribution < -0.4 is 10.0 Å². The van der Waals surface area contributed by atoms with E-state index in [0.717, 1.165) is 0 Å².